The first-order chi connectivity index (χ1) is 7.56. The number of hydrogen-bond acceptors (Lipinski definition) is 4. The topological polar surface area (TPSA) is 62.4 Å². The molecule has 1 rings (SSSR count). The second-order valence-electron chi connectivity index (χ2n) is 4.25. The molecule has 0 saturated heterocycles. The second kappa shape index (κ2) is 5.82. The molecule has 0 aromatic carbocycles. The molecule has 0 radical (unpaired) electrons. The van der Waals surface area contributed by atoms with Gasteiger partial charge in [-0.3, -0.25) is 0 Å². The Morgan fingerprint density at radius 2 is 2.12 bits per heavy atom. The SMILES string of the molecule is CC(C)N(CCO)c1cc([C@H](C)N)ccn1. The van der Waals surface area contributed by atoms with E-state index in [1.165, 1.54) is 0 Å². The Labute approximate surface area is 97.1 Å². The Morgan fingerprint density at radius 3 is 2.62 bits per heavy atom. The molecule has 16 heavy (non-hydrogen) atoms. The molecule has 1 aromatic rings. The molecule has 0 amide bonds. The van der Waals surface area contributed by atoms with Crippen molar-refractivity contribution >= 4 is 5.82 Å². The molecule has 0 bridgehead atoms. The highest BCUT2D eigenvalue weighted by atomic mass is 16.3. The predicted molar refractivity (Wildman–Crippen MR) is 66.4 cm³/mol. The minimum atomic E-state index is 0.00453. The van der Waals surface area contributed by atoms with Crippen molar-refractivity contribution < 1.29 is 5.11 Å². The lowest BCUT2D eigenvalue weighted by atomic mass is 10.1. The Hall–Kier alpha value is -1.13. The van der Waals surface area contributed by atoms with Crippen LogP contribution in [0.4, 0.5) is 5.82 Å². The fraction of sp³-hybridized carbons (Fsp3) is 0.583. The average Bonchev–Trinajstić information content (AvgIpc) is 2.25. The summed E-state index contributed by atoms with van der Waals surface area (Å²) in [6.07, 6.45) is 1.76. The van der Waals surface area contributed by atoms with Crippen molar-refractivity contribution in [3.63, 3.8) is 0 Å². The van der Waals surface area contributed by atoms with E-state index in [4.69, 9.17) is 10.8 Å². The molecule has 0 saturated carbocycles. The fourth-order valence-electron chi connectivity index (χ4n) is 1.62. The van der Waals surface area contributed by atoms with Gasteiger partial charge in [-0.1, -0.05) is 0 Å². The van der Waals surface area contributed by atoms with Gasteiger partial charge >= 0.3 is 0 Å². The summed E-state index contributed by atoms with van der Waals surface area (Å²) < 4.78 is 0. The van der Waals surface area contributed by atoms with Crippen LogP contribution in [0.15, 0.2) is 18.3 Å². The molecule has 3 N–H and O–H groups in total. The van der Waals surface area contributed by atoms with E-state index in [2.05, 4.69) is 23.7 Å². The van der Waals surface area contributed by atoms with Crippen molar-refractivity contribution in [2.24, 2.45) is 5.73 Å². The molecular weight excluding hydrogens is 202 g/mol. The van der Waals surface area contributed by atoms with E-state index in [0.717, 1.165) is 11.4 Å². The third-order valence-electron chi connectivity index (χ3n) is 2.55. The van der Waals surface area contributed by atoms with Crippen LogP contribution in [0.1, 0.15) is 32.4 Å². The van der Waals surface area contributed by atoms with E-state index >= 15 is 0 Å². The summed E-state index contributed by atoms with van der Waals surface area (Å²) in [5, 5.41) is 9.03. The molecule has 4 nitrogen and oxygen atoms in total. The average molecular weight is 223 g/mol. The third kappa shape index (κ3) is 3.18. The van der Waals surface area contributed by atoms with Crippen LogP contribution >= 0.6 is 0 Å². The summed E-state index contributed by atoms with van der Waals surface area (Å²) in [6.45, 7) is 6.83. The zero-order chi connectivity index (χ0) is 12.1. The summed E-state index contributed by atoms with van der Waals surface area (Å²) in [5.41, 5.74) is 6.90. The number of hydrogen-bond donors (Lipinski definition) is 2. The van der Waals surface area contributed by atoms with Gasteiger partial charge in [0.2, 0.25) is 0 Å². The van der Waals surface area contributed by atoms with Gasteiger partial charge in [-0.2, -0.15) is 0 Å². The molecule has 0 aliphatic heterocycles. The number of nitrogens with zero attached hydrogens (tertiary/aromatic N) is 2. The van der Waals surface area contributed by atoms with Crippen molar-refractivity contribution in [2.75, 3.05) is 18.1 Å². The minimum Gasteiger partial charge on any atom is -0.395 e. The summed E-state index contributed by atoms with van der Waals surface area (Å²) in [6, 6.07) is 4.22. The van der Waals surface area contributed by atoms with Crippen LogP contribution in [0.3, 0.4) is 0 Å². The van der Waals surface area contributed by atoms with Crippen LogP contribution in [0, 0.1) is 0 Å². The Bertz CT molecular complexity index is 326. The molecular formula is C12H21N3O. The summed E-state index contributed by atoms with van der Waals surface area (Å²) in [4.78, 5) is 6.38. The molecule has 90 valence electrons. The maximum Gasteiger partial charge on any atom is 0.129 e. The molecule has 0 aliphatic rings. The Balaban J connectivity index is 2.95. The molecule has 1 atom stereocenters. The van der Waals surface area contributed by atoms with Gasteiger partial charge in [-0.25, -0.2) is 4.98 Å². The van der Waals surface area contributed by atoms with Crippen molar-refractivity contribution in [1.82, 2.24) is 4.98 Å². The zero-order valence-corrected chi connectivity index (χ0v) is 10.2. The maximum atomic E-state index is 9.03. The molecule has 1 aromatic heterocycles. The zero-order valence-electron chi connectivity index (χ0n) is 10.2. The molecule has 0 unspecified atom stereocenters. The smallest absolute Gasteiger partial charge is 0.129 e. The highest BCUT2D eigenvalue weighted by Gasteiger charge is 2.12. The van der Waals surface area contributed by atoms with Gasteiger partial charge in [0.05, 0.1) is 6.61 Å². The van der Waals surface area contributed by atoms with Gasteiger partial charge in [0, 0.05) is 24.8 Å². The molecule has 1 heterocycles. The standard InChI is InChI=1S/C12H21N3O/c1-9(2)15(6-7-16)12-8-11(10(3)13)4-5-14-12/h4-5,8-10,16H,6-7,13H2,1-3H3/t10-/m0/s1. The number of rotatable bonds is 5. The first-order valence-corrected chi connectivity index (χ1v) is 5.65. The van der Waals surface area contributed by atoms with Crippen LogP contribution in [-0.4, -0.2) is 29.3 Å². The maximum absolute atomic E-state index is 9.03. The first-order valence-electron chi connectivity index (χ1n) is 5.65. The van der Waals surface area contributed by atoms with Crippen molar-refractivity contribution in [3.05, 3.63) is 23.9 Å². The number of aliphatic hydroxyl groups excluding tert-OH is 1. The largest absolute Gasteiger partial charge is 0.395 e. The third-order valence-corrected chi connectivity index (χ3v) is 2.55. The number of nitrogens with two attached hydrogens (primary N) is 1. The highest BCUT2D eigenvalue weighted by Crippen LogP contribution is 2.18. The van der Waals surface area contributed by atoms with Crippen molar-refractivity contribution in [1.29, 1.82) is 0 Å². The van der Waals surface area contributed by atoms with E-state index < -0.39 is 0 Å². The lowest BCUT2D eigenvalue weighted by Gasteiger charge is -2.27. The van der Waals surface area contributed by atoms with Crippen molar-refractivity contribution in [3.8, 4) is 0 Å². The van der Waals surface area contributed by atoms with Crippen LogP contribution in [0.5, 0.6) is 0 Å². The highest BCUT2D eigenvalue weighted by molar-refractivity contribution is 5.42. The lowest BCUT2D eigenvalue weighted by molar-refractivity contribution is 0.298. The van der Waals surface area contributed by atoms with Gasteiger partial charge in [-0.15, -0.1) is 0 Å². The number of anilines is 1. The van der Waals surface area contributed by atoms with Gasteiger partial charge < -0.3 is 15.7 Å². The van der Waals surface area contributed by atoms with Gasteiger partial charge in [0.15, 0.2) is 0 Å². The number of aromatic nitrogens is 1. The molecule has 0 aliphatic carbocycles. The summed E-state index contributed by atoms with van der Waals surface area (Å²) >= 11 is 0. The minimum absolute atomic E-state index is 0.00453. The van der Waals surface area contributed by atoms with E-state index in [9.17, 15) is 0 Å². The molecule has 4 heteroatoms. The van der Waals surface area contributed by atoms with E-state index in [0.29, 0.717) is 12.6 Å². The van der Waals surface area contributed by atoms with E-state index in [1.54, 1.807) is 6.20 Å². The van der Waals surface area contributed by atoms with Gasteiger partial charge in [-0.05, 0) is 38.5 Å². The van der Waals surface area contributed by atoms with Gasteiger partial charge in [0.25, 0.3) is 0 Å². The summed E-state index contributed by atoms with van der Waals surface area (Å²) in [7, 11) is 0. The first kappa shape index (κ1) is 12.9. The quantitative estimate of drug-likeness (QED) is 0.790. The molecule has 0 fully saturated rings. The normalized spacial score (nSPS) is 12.9. The molecule has 0 spiro atoms. The predicted octanol–water partition coefficient (Wildman–Crippen LogP) is 1.31. The van der Waals surface area contributed by atoms with E-state index in [-0.39, 0.29) is 12.6 Å². The lowest BCUT2D eigenvalue weighted by Crippen LogP contribution is -2.34. The Kier molecular flexibility index (Phi) is 4.71. The second-order valence-corrected chi connectivity index (χ2v) is 4.25. The van der Waals surface area contributed by atoms with Crippen molar-refractivity contribution in [2.45, 2.75) is 32.9 Å². The van der Waals surface area contributed by atoms with Crippen LogP contribution in [-0.2, 0) is 0 Å². The van der Waals surface area contributed by atoms with Crippen LogP contribution < -0.4 is 10.6 Å². The number of aliphatic hydroxyl groups is 1. The summed E-state index contributed by atoms with van der Waals surface area (Å²) in [5.74, 6) is 0.874. The van der Waals surface area contributed by atoms with Gasteiger partial charge in [0.1, 0.15) is 5.82 Å². The Morgan fingerprint density at radius 1 is 1.44 bits per heavy atom. The fourth-order valence-corrected chi connectivity index (χ4v) is 1.62. The monoisotopic (exact) mass is 223 g/mol. The number of pyridine rings is 1. The van der Waals surface area contributed by atoms with Crippen LogP contribution in [0.2, 0.25) is 0 Å². The van der Waals surface area contributed by atoms with Crippen LogP contribution in [0.25, 0.3) is 0 Å². The van der Waals surface area contributed by atoms with E-state index in [1.807, 2.05) is 19.1 Å².